The van der Waals surface area contributed by atoms with Gasteiger partial charge in [-0.25, -0.2) is 4.39 Å². The molecule has 156 valence electrons. The fraction of sp³-hybridized carbons (Fsp3) is 0.182. The maximum absolute atomic E-state index is 13.2. The van der Waals surface area contributed by atoms with E-state index in [9.17, 15) is 4.39 Å². The normalized spacial score (nSPS) is 12.0. The molecular formula is C22H18Cl2FNO4. The number of methoxy groups -OCH3 is 1. The summed E-state index contributed by atoms with van der Waals surface area (Å²) in [7, 11) is 1.54. The monoisotopic (exact) mass is 449 g/mol. The van der Waals surface area contributed by atoms with Crippen LogP contribution in [0, 0.1) is 5.82 Å². The number of hydrogen-bond acceptors (Lipinski definition) is 5. The second kappa shape index (κ2) is 8.90. The minimum Gasteiger partial charge on any atom is -0.493 e. The van der Waals surface area contributed by atoms with Crippen LogP contribution in [0.25, 0.3) is 0 Å². The minimum atomic E-state index is -0.404. The number of ether oxygens (including phenoxy) is 4. The standard InChI is InChI=1S/C22H18Cl2FNO4/c1-27-21-7-13(10-26-16-4-5-19-20(9-16)30-12-29-19)6-18(24)22(21)28-11-14-2-3-15(25)8-17(14)23/h2-9,26H,10-12H2,1H3. The lowest BCUT2D eigenvalue weighted by atomic mass is 10.2. The van der Waals surface area contributed by atoms with Crippen LogP contribution in [0.5, 0.6) is 23.0 Å². The van der Waals surface area contributed by atoms with E-state index < -0.39 is 5.82 Å². The smallest absolute Gasteiger partial charge is 0.231 e. The lowest BCUT2D eigenvalue weighted by molar-refractivity contribution is 0.174. The van der Waals surface area contributed by atoms with Crippen molar-refractivity contribution in [3.63, 3.8) is 0 Å². The van der Waals surface area contributed by atoms with E-state index in [2.05, 4.69) is 5.32 Å². The van der Waals surface area contributed by atoms with Crippen molar-refractivity contribution in [2.75, 3.05) is 19.2 Å². The molecule has 0 unspecified atom stereocenters. The molecule has 0 aliphatic carbocycles. The highest BCUT2D eigenvalue weighted by Gasteiger charge is 2.15. The van der Waals surface area contributed by atoms with Gasteiger partial charge in [0.25, 0.3) is 0 Å². The molecule has 1 N–H and O–H groups in total. The zero-order chi connectivity index (χ0) is 21.1. The van der Waals surface area contributed by atoms with Gasteiger partial charge in [0.1, 0.15) is 12.4 Å². The van der Waals surface area contributed by atoms with Crippen LogP contribution in [0.15, 0.2) is 48.5 Å². The van der Waals surface area contributed by atoms with Crippen LogP contribution >= 0.6 is 23.2 Å². The predicted octanol–water partition coefficient (Wildman–Crippen LogP) is 6.06. The van der Waals surface area contributed by atoms with E-state index in [1.165, 1.54) is 12.1 Å². The van der Waals surface area contributed by atoms with Crippen molar-refractivity contribution in [2.45, 2.75) is 13.2 Å². The van der Waals surface area contributed by atoms with E-state index in [1.54, 1.807) is 19.2 Å². The number of benzene rings is 3. The summed E-state index contributed by atoms with van der Waals surface area (Å²) in [5, 5.41) is 4.00. The first-order valence-electron chi connectivity index (χ1n) is 9.10. The summed E-state index contributed by atoms with van der Waals surface area (Å²) < 4.78 is 35.2. The minimum absolute atomic E-state index is 0.129. The summed E-state index contributed by atoms with van der Waals surface area (Å²) in [6.07, 6.45) is 0. The second-order valence-electron chi connectivity index (χ2n) is 6.56. The summed E-state index contributed by atoms with van der Waals surface area (Å²) in [5.74, 6) is 1.92. The fourth-order valence-corrected chi connectivity index (χ4v) is 3.52. The predicted molar refractivity (Wildman–Crippen MR) is 114 cm³/mol. The molecule has 0 spiro atoms. The Morgan fingerprint density at radius 2 is 1.83 bits per heavy atom. The van der Waals surface area contributed by atoms with Gasteiger partial charge in [-0.3, -0.25) is 0 Å². The van der Waals surface area contributed by atoms with Crippen molar-refractivity contribution in [1.82, 2.24) is 0 Å². The van der Waals surface area contributed by atoms with E-state index in [4.69, 9.17) is 42.1 Å². The zero-order valence-electron chi connectivity index (χ0n) is 16.0. The Kier molecular flexibility index (Phi) is 6.06. The Labute approximate surface area is 183 Å². The van der Waals surface area contributed by atoms with Crippen molar-refractivity contribution in [3.8, 4) is 23.0 Å². The Balaban J connectivity index is 1.46. The lowest BCUT2D eigenvalue weighted by Gasteiger charge is -2.15. The molecule has 1 heterocycles. The molecule has 5 nitrogen and oxygen atoms in total. The fourth-order valence-electron chi connectivity index (χ4n) is 3.01. The number of rotatable bonds is 7. The molecule has 0 atom stereocenters. The van der Waals surface area contributed by atoms with Crippen LogP contribution in [-0.4, -0.2) is 13.9 Å². The Hall–Kier alpha value is -2.83. The van der Waals surface area contributed by atoms with Crippen LogP contribution < -0.4 is 24.3 Å². The molecule has 1 aliphatic heterocycles. The molecule has 0 fully saturated rings. The third kappa shape index (κ3) is 4.50. The van der Waals surface area contributed by atoms with Crippen molar-refractivity contribution in [2.24, 2.45) is 0 Å². The Morgan fingerprint density at radius 1 is 1.00 bits per heavy atom. The molecule has 0 amide bonds. The van der Waals surface area contributed by atoms with Crippen molar-refractivity contribution < 1.29 is 23.3 Å². The van der Waals surface area contributed by atoms with Gasteiger partial charge in [-0.1, -0.05) is 29.3 Å². The average Bonchev–Trinajstić information content (AvgIpc) is 3.20. The average molecular weight is 450 g/mol. The lowest BCUT2D eigenvalue weighted by Crippen LogP contribution is -2.03. The summed E-state index contributed by atoms with van der Waals surface area (Å²) in [4.78, 5) is 0. The Bertz CT molecular complexity index is 1080. The van der Waals surface area contributed by atoms with Gasteiger partial charge < -0.3 is 24.3 Å². The number of anilines is 1. The van der Waals surface area contributed by atoms with Crippen LogP contribution in [0.1, 0.15) is 11.1 Å². The number of hydrogen-bond donors (Lipinski definition) is 1. The molecule has 0 saturated heterocycles. The van der Waals surface area contributed by atoms with Gasteiger partial charge in [0, 0.05) is 23.9 Å². The molecule has 0 saturated carbocycles. The summed E-state index contributed by atoms with van der Waals surface area (Å²) >= 11 is 12.5. The van der Waals surface area contributed by atoms with Crippen LogP contribution in [0.2, 0.25) is 10.0 Å². The summed E-state index contributed by atoms with van der Waals surface area (Å²) in [5.41, 5.74) is 2.44. The highest BCUT2D eigenvalue weighted by Crippen LogP contribution is 2.38. The third-order valence-electron chi connectivity index (χ3n) is 4.55. The van der Waals surface area contributed by atoms with Gasteiger partial charge in [-0.05, 0) is 42.0 Å². The van der Waals surface area contributed by atoms with Gasteiger partial charge in [-0.2, -0.15) is 0 Å². The first-order chi connectivity index (χ1) is 14.5. The quantitative estimate of drug-likeness (QED) is 0.474. The first-order valence-corrected chi connectivity index (χ1v) is 9.86. The van der Waals surface area contributed by atoms with Gasteiger partial charge in [-0.15, -0.1) is 0 Å². The van der Waals surface area contributed by atoms with Gasteiger partial charge in [0.05, 0.1) is 17.2 Å². The number of fused-ring (bicyclic) bond motifs is 1. The van der Waals surface area contributed by atoms with E-state index in [0.29, 0.717) is 34.4 Å². The molecule has 0 aromatic heterocycles. The van der Waals surface area contributed by atoms with E-state index in [-0.39, 0.29) is 18.4 Å². The summed E-state index contributed by atoms with van der Waals surface area (Å²) in [6.45, 7) is 0.875. The highest BCUT2D eigenvalue weighted by atomic mass is 35.5. The van der Waals surface area contributed by atoms with E-state index in [0.717, 1.165) is 17.0 Å². The second-order valence-corrected chi connectivity index (χ2v) is 7.37. The van der Waals surface area contributed by atoms with Crippen LogP contribution in [0.4, 0.5) is 10.1 Å². The Morgan fingerprint density at radius 3 is 2.63 bits per heavy atom. The van der Waals surface area contributed by atoms with Crippen molar-refractivity contribution >= 4 is 28.9 Å². The SMILES string of the molecule is COc1cc(CNc2ccc3c(c2)OCO3)cc(Cl)c1OCc1ccc(F)cc1Cl. The molecule has 1 aliphatic rings. The number of halogens is 3. The number of nitrogens with one attached hydrogen (secondary N) is 1. The van der Waals surface area contributed by atoms with E-state index >= 15 is 0 Å². The molecule has 8 heteroatoms. The zero-order valence-corrected chi connectivity index (χ0v) is 17.5. The molecular weight excluding hydrogens is 432 g/mol. The van der Waals surface area contributed by atoms with Gasteiger partial charge >= 0.3 is 0 Å². The molecule has 30 heavy (non-hydrogen) atoms. The van der Waals surface area contributed by atoms with Crippen molar-refractivity contribution in [3.05, 3.63) is 75.5 Å². The molecule has 0 bridgehead atoms. The van der Waals surface area contributed by atoms with Crippen LogP contribution in [0.3, 0.4) is 0 Å². The molecule has 3 aromatic carbocycles. The van der Waals surface area contributed by atoms with Crippen LogP contribution in [-0.2, 0) is 13.2 Å². The largest absolute Gasteiger partial charge is 0.493 e. The highest BCUT2D eigenvalue weighted by molar-refractivity contribution is 6.32. The van der Waals surface area contributed by atoms with Gasteiger partial charge in [0.15, 0.2) is 23.0 Å². The first kappa shape index (κ1) is 20.4. The topological polar surface area (TPSA) is 49.0 Å². The van der Waals surface area contributed by atoms with Crippen molar-refractivity contribution in [1.29, 1.82) is 0 Å². The molecule has 0 radical (unpaired) electrons. The maximum Gasteiger partial charge on any atom is 0.231 e. The summed E-state index contributed by atoms with van der Waals surface area (Å²) in [6, 6.07) is 13.4. The van der Waals surface area contributed by atoms with E-state index in [1.807, 2.05) is 24.3 Å². The molecule has 4 rings (SSSR count). The maximum atomic E-state index is 13.2. The third-order valence-corrected chi connectivity index (χ3v) is 5.18. The molecule has 3 aromatic rings. The van der Waals surface area contributed by atoms with Gasteiger partial charge in [0.2, 0.25) is 6.79 Å².